The Morgan fingerprint density at radius 2 is 2.04 bits per heavy atom. The maximum atomic E-state index is 12.5. The van der Waals surface area contributed by atoms with Crippen LogP contribution in [0.3, 0.4) is 0 Å². The van der Waals surface area contributed by atoms with Gasteiger partial charge in [0, 0.05) is 19.3 Å². The average molecular weight is 380 g/mol. The Hall–Kier alpha value is -3.05. The van der Waals surface area contributed by atoms with E-state index in [2.05, 4.69) is 21.6 Å². The monoisotopic (exact) mass is 380 g/mol. The van der Waals surface area contributed by atoms with Crippen molar-refractivity contribution in [2.75, 3.05) is 11.1 Å². The van der Waals surface area contributed by atoms with Crippen LogP contribution in [0.2, 0.25) is 0 Å². The number of aryl methyl sites for hydroxylation is 1. The quantitative estimate of drug-likeness (QED) is 0.664. The summed E-state index contributed by atoms with van der Waals surface area (Å²) in [6.07, 6.45) is 1.59. The van der Waals surface area contributed by atoms with Crippen molar-refractivity contribution >= 4 is 23.5 Å². The smallest absolute Gasteiger partial charge is 0.235 e. The highest BCUT2D eigenvalue weighted by Gasteiger charge is 2.20. The van der Waals surface area contributed by atoms with E-state index in [1.165, 1.54) is 11.8 Å². The lowest BCUT2D eigenvalue weighted by Crippen LogP contribution is -2.18. The van der Waals surface area contributed by atoms with Gasteiger partial charge in [0.15, 0.2) is 5.16 Å². The number of benzene rings is 1. The van der Waals surface area contributed by atoms with E-state index in [4.69, 9.17) is 0 Å². The van der Waals surface area contributed by atoms with Crippen LogP contribution in [0.5, 0.6) is 0 Å². The molecule has 0 atom stereocenters. The lowest BCUT2D eigenvalue weighted by molar-refractivity contribution is -0.113. The summed E-state index contributed by atoms with van der Waals surface area (Å²) in [5, 5.41) is 20.9. The summed E-state index contributed by atoms with van der Waals surface area (Å²) in [6.45, 7) is 4.45. The van der Waals surface area contributed by atoms with Crippen LogP contribution >= 0.6 is 11.8 Å². The molecule has 0 saturated carbocycles. The van der Waals surface area contributed by atoms with Crippen molar-refractivity contribution in [1.82, 2.24) is 19.3 Å². The Morgan fingerprint density at radius 1 is 1.30 bits per heavy atom. The van der Waals surface area contributed by atoms with Crippen molar-refractivity contribution in [3.63, 3.8) is 0 Å². The number of nitrogens with one attached hydrogen (secondary N) is 1. The molecule has 2 heterocycles. The van der Waals surface area contributed by atoms with E-state index in [-0.39, 0.29) is 11.7 Å². The summed E-state index contributed by atoms with van der Waals surface area (Å²) in [6, 6.07) is 12.2. The first-order chi connectivity index (χ1) is 13.0. The number of rotatable bonds is 6. The Balaban J connectivity index is 1.83. The van der Waals surface area contributed by atoms with Gasteiger partial charge in [-0.05, 0) is 25.0 Å². The van der Waals surface area contributed by atoms with Crippen molar-refractivity contribution in [2.45, 2.75) is 25.5 Å². The van der Waals surface area contributed by atoms with Gasteiger partial charge in [-0.25, -0.2) is 0 Å². The minimum absolute atomic E-state index is 0.187. The predicted octanol–water partition coefficient (Wildman–Crippen LogP) is 2.88. The van der Waals surface area contributed by atoms with Crippen LogP contribution in [0.4, 0.5) is 5.82 Å². The Bertz CT molecular complexity index is 999. The van der Waals surface area contributed by atoms with Crippen LogP contribution in [0.25, 0.3) is 0 Å². The van der Waals surface area contributed by atoms with Gasteiger partial charge in [-0.3, -0.25) is 4.79 Å². The van der Waals surface area contributed by atoms with Crippen LogP contribution in [-0.2, 0) is 18.4 Å². The first-order valence-corrected chi connectivity index (χ1v) is 9.40. The van der Waals surface area contributed by atoms with E-state index in [1.54, 1.807) is 10.9 Å². The highest BCUT2D eigenvalue weighted by Crippen LogP contribution is 2.27. The SMILES string of the molecule is Cc1c(C#N)c(NC(=O)CSc2nncn2C)n(Cc2ccccc2)c1C. The lowest BCUT2D eigenvalue weighted by atomic mass is 10.2. The maximum absolute atomic E-state index is 12.5. The van der Waals surface area contributed by atoms with Crippen molar-refractivity contribution < 1.29 is 4.79 Å². The number of anilines is 1. The van der Waals surface area contributed by atoms with Gasteiger partial charge in [0.1, 0.15) is 18.2 Å². The van der Waals surface area contributed by atoms with Crippen molar-refractivity contribution in [3.8, 4) is 6.07 Å². The number of hydrogen-bond acceptors (Lipinski definition) is 5. The van der Waals surface area contributed by atoms with E-state index in [0.29, 0.717) is 23.1 Å². The molecule has 138 valence electrons. The molecule has 0 spiro atoms. The Morgan fingerprint density at radius 3 is 2.67 bits per heavy atom. The van der Waals surface area contributed by atoms with Crippen LogP contribution in [0, 0.1) is 25.2 Å². The summed E-state index contributed by atoms with van der Waals surface area (Å²) in [4.78, 5) is 12.5. The predicted molar refractivity (Wildman–Crippen MR) is 105 cm³/mol. The number of nitriles is 1. The van der Waals surface area contributed by atoms with E-state index >= 15 is 0 Å². The number of thioether (sulfide) groups is 1. The van der Waals surface area contributed by atoms with E-state index in [0.717, 1.165) is 16.8 Å². The molecule has 0 aliphatic heterocycles. The van der Waals surface area contributed by atoms with Crippen molar-refractivity contribution in [2.24, 2.45) is 7.05 Å². The topological polar surface area (TPSA) is 88.5 Å². The van der Waals surface area contributed by atoms with Crippen LogP contribution < -0.4 is 5.32 Å². The second-order valence-electron chi connectivity index (χ2n) is 6.18. The van der Waals surface area contributed by atoms with E-state index in [1.807, 2.05) is 55.8 Å². The molecule has 3 rings (SSSR count). The standard InChI is InChI=1S/C19H20N6OS/c1-13-14(2)25(10-15-7-5-4-6-8-15)18(16(13)9-20)22-17(26)11-27-19-23-21-12-24(19)3/h4-8,12H,10-11H2,1-3H3,(H,22,26). The van der Waals surface area contributed by atoms with Gasteiger partial charge in [0.25, 0.3) is 0 Å². The molecule has 7 nitrogen and oxygen atoms in total. The Labute approximate surface area is 162 Å². The minimum Gasteiger partial charge on any atom is -0.326 e. The van der Waals surface area contributed by atoms with Gasteiger partial charge in [0.05, 0.1) is 11.3 Å². The summed E-state index contributed by atoms with van der Waals surface area (Å²) in [5.74, 6) is 0.540. The van der Waals surface area contributed by atoms with Gasteiger partial charge < -0.3 is 14.5 Å². The molecule has 1 amide bonds. The van der Waals surface area contributed by atoms with Crippen molar-refractivity contribution in [1.29, 1.82) is 5.26 Å². The number of carbonyl (C=O) groups excluding carboxylic acids is 1. The molecule has 3 aromatic rings. The number of nitrogens with zero attached hydrogens (tertiary/aromatic N) is 5. The van der Waals surface area contributed by atoms with Gasteiger partial charge in [-0.1, -0.05) is 42.1 Å². The number of hydrogen-bond donors (Lipinski definition) is 1. The zero-order valence-electron chi connectivity index (χ0n) is 15.4. The molecule has 0 aliphatic carbocycles. The average Bonchev–Trinajstić information content (AvgIpc) is 3.17. The van der Waals surface area contributed by atoms with Gasteiger partial charge >= 0.3 is 0 Å². The van der Waals surface area contributed by atoms with Crippen LogP contribution in [0.1, 0.15) is 22.4 Å². The normalized spacial score (nSPS) is 10.6. The second kappa shape index (κ2) is 8.10. The fourth-order valence-electron chi connectivity index (χ4n) is 2.80. The molecule has 0 bridgehead atoms. The molecule has 0 radical (unpaired) electrons. The highest BCUT2D eigenvalue weighted by atomic mass is 32.2. The number of aromatic nitrogens is 4. The molecule has 0 fully saturated rings. The molecule has 1 N–H and O–H groups in total. The maximum Gasteiger partial charge on any atom is 0.235 e. The Kier molecular flexibility index (Phi) is 5.62. The summed E-state index contributed by atoms with van der Waals surface area (Å²) < 4.78 is 3.74. The first-order valence-electron chi connectivity index (χ1n) is 8.41. The molecule has 2 aromatic heterocycles. The van der Waals surface area contributed by atoms with E-state index in [9.17, 15) is 10.1 Å². The van der Waals surface area contributed by atoms with Crippen LogP contribution in [0.15, 0.2) is 41.8 Å². The number of carbonyl (C=O) groups is 1. The minimum atomic E-state index is -0.189. The summed E-state index contributed by atoms with van der Waals surface area (Å²) >= 11 is 1.30. The third-order valence-corrected chi connectivity index (χ3v) is 5.42. The zero-order chi connectivity index (χ0) is 19.4. The molecule has 0 aliphatic rings. The molecular formula is C19H20N6OS. The lowest BCUT2D eigenvalue weighted by Gasteiger charge is -2.13. The first kappa shape index (κ1) is 18.7. The molecule has 1 aromatic carbocycles. The third-order valence-electron chi connectivity index (χ3n) is 4.38. The van der Waals surface area contributed by atoms with Gasteiger partial charge in [-0.2, -0.15) is 5.26 Å². The van der Waals surface area contributed by atoms with Gasteiger partial charge in [-0.15, -0.1) is 10.2 Å². The molecule has 0 saturated heterocycles. The van der Waals surface area contributed by atoms with Crippen molar-refractivity contribution in [3.05, 3.63) is 59.0 Å². The molecule has 8 heteroatoms. The van der Waals surface area contributed by atoms with E-state index < -0.39 is 0 Å². The second-order valence-corrected chi connectivity index (χ2v) is 7.12. The molecule has 0 unspecified atom stereocenters. The fourth-order valence-corrected chi connectivity index (χ4v) is 3.48. The van der Waals surface area contributed by atoms with Gasteiger partial charge in [0.2, 0.25) is 5.91 Å². The molecule has 27 heavy (non-hydrogen) atoms. The largest absolute Gasteiger partial charge is 0.326 e. The molecular weight excluding hydrogens is 360 g/mol. The highest BCUT2D eigenvalue weighted by molar-refractivity contribution is 7.99. The number of amides is 1. The summed E-state index contributed by atoms with van der Waals surface area (Å²) in [7, 11) is 1.83. The third kappa shape index (κ3) is 4.04. The summed E-state index contributed by atoms with van der Waals surface area (Å²) in [5.41, 5.74) is 3.45. The fraction of sp³-hybridized carbons (Fsp3) is 0.263. The zero-order valence-corrected chi connectivity index (χ0v) is 16.2. The van der Waals surface area contributed by atoms with Crippen LogP contribution in [-0.4, -0.2) is 31.0 Å².